The molecule has 1 aromatic heterocycles. The Labute approximate surface area is 117 Å². The van der Waals surface area contributed by atoms with Crippen molar-refractivity contribution in [1.82, 2.24) is 5.16 Å². The van der Waals surface area contributed by atoms with Crippen molar-refractivity contribution >= 4 is 5.97 Å². The standard InChI is InChI=1S/C15H17NO4/c1-3-4-12-13(15(17)18)14(16-20-12)11-7-5-10(6-8-11)9-19-2/h5-8H,3-4,9H2,1-2H3,(H,17,18). The molecule has 0 spiro atoms. The van der Waals surface area contributed by atoms with Gasteiger partial charge < -0.3 is 14.4 Å². The number of hydrogen-bond acceptors (Lipinski definition) is 4. The minimum Gasteiger partial charge on any atom is -0.477 e. The lowest BCUT2D eigenvalue weighted by molar-refractivity contribution is 0.0695. The van der Waals surface area contributed by atoms with E-state index < -0.39 is 5.97 Å². The quantitative estimate of drug-likeness (QED) is 0.876. The maximum atomic E-state index is 11.4. The maximum Gasteiger partial charge on any atom is 0.341 e. The van der Waals surface area contributed by atoms with E-state index in [1.165, 1.54) is 0 Å². The number of aromatic nitrogens is 1. The third-order valence-corrected chi connectivity index (χ3v) is 2.99. The lowest BCUT2D eigenvalue weighted by Gasteiger charge is -2.02. The van der Waals surface area contributed by atoms with Gasteiger partial charge in [0.2, 0.25) is 0 Å². The Balaban J connectivity index is 2.39. The van der Waals surface area contributed by atoms with Crippen molar-refractivity contribution in [1.29, 1.82) is 0 Å². The fourth-order valence-corrected chi connectivity index (χ4v) is 2.06. The second kappa shape index (κ2) is 6.34. The van der Waals surface area contributed by atoms with Crippen LogP contribution in [-0.4, -0.2) is 23.3 Å². The predicted octanol–water partition coefficient (Wildman–Crippen LogP) is 3.14. The Morgan fingerprint density at radius 3 is 2.60 bits per heavy atom. The number of benzene rings is 1. The van der Waals surface area contributed by atoms with Gasteiger partial charge >= 0.3 is 5.97 Å². The molecule has 0 fully saturated rings. The van der Waals surface area contributed by atoms with E-state index in [0.717, 1.165) is 17.5 Å². The molecule has 0 aliphatic rings. The first-order valence-electron chi connectivity index (χ1n) is 6.47. The van der Waals surface area contributed by atoms with E-state index in [1.54, 1.807) is 7.11 Å². The van der Waals surface area contributed by atoms with Crippen LogP contribution in [0.4, 0.5) is 0 Å². The second-order valence-corrected chi connectivity index (χ2v) is 4.51. The van der Waals surface area contributed by atoms with E-state index >= 15 is 0 Å². The molecule has 0 unspecified atom stereocenters. The van der Waals surface area contributed by atoms with Gasteiger partial charge in [-0.2, -0.15) is 0 Å². The first-order chi connectivity index (χ1) is 9.67. The van der Waals surface area contributed by atoms with Gasteiger partial charge in [-0.3, -0.25) is 0 Å². The van der Waals surface area contributed by atoms with Crippen LogP contribution in [0.3, 0.4) is 0 Å². The third kappa shape index (κ3) is 2.88. The summed E-state index contributed by atoms with van der Waals surface area (Å²) in [5, 5.41) is 13.3. The number of aryl methyl sites for hydroxylation is 1. The molecule has 0 saturated carbocycles. The lowest BCUT2D eigenvalue weighted by atomic mass is 10.0. The number of ether oxygens (including phenoxy) is 1. The van der Waals surface area contributed by atoms with Crippen molar-refractivity contribution in [2.24, 2.45) is 0 Å². The minimum absolute atomic E-state index is 0.159. The van der Waals surface area contributed by atoms with E-state index in [-0.39, 0.29) is 5.56 Å². The summed E-state index contributed by atoms with van der Waals surface area (Å²) in [4.78, 5) is 11.4. The average Bonchev–Trinajstić information content (AvgIpc) is 2.84. The molecule has 20 heavy (non-hydrogen) atoms. The Bertz CT molecular complexity index is 586. The van der Waals surface area contributed by atoms with Crippen molar-refractivity contribution in [2.75, 3.05) is 7.11 Å². The number of methoxy groups -OCH3 is 1. The Hall–Kier alpha value is -2.14. The zero-order valence-corrected chi connectivity index (χ0v) is 11.5. The molecule has 0 aliphatic carbocycles. The van der Waals surface area contributed by atoms with Crippen LogP contribution >= 0.6 is 0 Å². The van der Waals surface area contributed by atoms with E-state index in [2.05, 4.69) is 5.16 Å². The highest BCUT2D eigenvalue weighted by molar-refractivity contribution is 5.95. The highest BCUT2D eigenvalue weighted by Gasteiger charge is 2.22. The molecule has 1 N–H and O–H groups in total. The summed E-state index contributed by atoms with van der Waals surface area (Å²) in [6.45, 7) is 2.49. The van der Waals surface area contributed by atoms with Gasteiger partial charge in [0.15, 0.2) is 5.76 Å². The average molecular weight is 275 g/mol. The molecule has 0 saturated heterocycles. The summed E-state index contributed by atoms with van der Waals surface area (Å²) in [6.07, 6.45) is 1.37. The molecule has 0 amide bonds. The summed E-state index contributed by atoms with van der Waals surface area (Å²) in [7, 11) is 1.63. The number of nitrogens with zero attached hydrogens (tertiary/aromatic N) is 1. The molecule has 1 heterocycles. The second-order valence-electron chi connectivity index (χ2n) is 4.51. The molecular weight excluding hydrogens is 258 g/mol. The number of rotatable bonds is 6. The maximum absolute atomic E-state index is 11.4. The van der Waals surface area contributed by atoms with Crippen LogP contribution in [0.15, 0.2) is 28.8 Å². The van der Waals surface area contributed by atoms with Crippen LogP contribution in [0, 0.1) is 0 Å². The minimum atomic E-state index is -1.01. The summed E-state index contributed by atoms with van der Waals surface area (Å²) in [6, 6.07) is 7.43. The summed E-state index contributed by atoms with van der Waals surface area (Å²) in [5.41, 5.74) is 2.29. The lowest BCUT2D eigenvalue weighted by Crippen LogP contribution is -2.01. The highest BCUT2D eigenvalue weighted by atomic mass is 16.5. The molecule has 5 nitrogen and oxygen atoms in total. The van der Waals surface area contributed by atoms with E-state index in [4.69, 9.17) is 9.26 Å². The van der Waals surface area contributed by atoms with Gasteiger partial charge in [-0.15, -0.1) is 0 Å². The first kappa shape index (κ1) is 14.3. The van der Waals surface area contributed by atoms with Gasteiger partial charge in [0.1, 0.15) is 11.3 Å². The van der Waals surface area contributed by atoms with Crippen LogP contribution < -0.4 is 0 Å². The van der Waals surface area contributed by atoms with Gasteiger partial charge in [-0.25, -0.2) is 4.79 Å². The van der Waals surface area contributed by atoms with Gasteiger partial charge in [0.25, 0.3) is 0 Å². The van der Waals surface area contributed by atoms with E-state index in [9.17, 15) is 9.90 Å². The molecule has 1 aromatic carbocycles. The van der Waals surface area contributed by atoms with Crippen LogP contribution in [0.25, 0.3) is 11.3 Å². The van der Waals surface area contributed by atoms with Crippen molar-refractivity contribution in [3.8, 4) is 11.3 Å². The van der Waals surface area contributed by atoms with Crippen molar-refractivity contribution in [2.45, 2.75) is 26.4 Å². The molecule has 0 radical (unpaired) electrons. The number of carbonyl (C=O) groups is 1. The van der Waals surface area contributed by atoms with Crippen LogP contribution in [0.5, 0.6) is 0 Å². The fraction of sp³-hybridized carbons (Fsp3) is 0.333. The van der Waals surface area contributed by atoms with Gasteiger partial charge in [0.05, 0.1) is 6.61 Å². The van der Waals surface area contributed by atoms with Gasteiger partial charge in [0, 0.05) is 19.1 Å². The van der Waals surface area contributed by atoms with Crippen molar-refractivity contribution < 1.29 is 19.2 Å². The van der Waals surface area contributed by atoms with Crippen LogP contribution in [-0.2, 0) is 17.8 Å². The van der Waals surface area contributed by atoms with E-state index in [1.807, 2.05) is 31.2 Å². The third-order valence-electron chi connectivity index (χ3n) is 2.99. The molecule has 2 rings (SSSR count). The topological polar surface area (TPSA) is 72.6 Å². The predicted molar refractivity (Wildman–Crippen MR) is 73.6 cm³/mol. The zero-order valence-electron chi connectivity index (χ0n) is 11.5. The Morgan fingerprint density at radius 1 is 1.35 bits per heavy atom. The molecular formula is C15H17NO4. The summed E-state index contributed by atoms with van der Waals surface area (Å²) < 4.78 is 10.2. The molecule has 0 atom stereocenters. The van der Waals surface area contributed by atoms with Gasteiger partial charge in [-0.05, 0) is 12.0 Å². The number of carboxylic acid groups (broad SMARTS) is 1. The number of carboxylic acids is 1. The molecule has 0 bridgehead atoms. The Morgan fingerprint density at radius 2 is 2.05 bits per heavy atom. The van der Waals surface area contributed by atoms with Crippen LogP contribution in [0.1, 0.15) is 35.0 Å². The van der Waals surface area contributed by atoms with E-state index in [0.29, 0.717) is 24.5 Å². The summed E-state index contributed by atoms with van der Waals surface area (Å²) in [5.74, 6) is -0.582. The van der Waals surface area contributed by atoms with Crippen molar-refractivity contribution in [3.63, 3.8) is 0 Å². The van der Waals surface area contributed by atoms with Gasteiger partial charge in [-0.1, -0.05) is 36.3 Å². The number of aromatic carboxylic acids is 1. The molecule has 2 aromatic rings. The zero-order chi connectivity index (χ0) is 14.5. The molecule has 0 aliphatic heterocycles. The monoisotopic (exact) mass is 275 g/mol. The SMILES string of the molecule is CCCc1onc(-c2ccc(COC)cc2)c1C(=O)O. The molecule has 5 heteroatoms. The van der Waals surface area contributed by atoms with Crippen molar-refractivity contribution in [3.05, 3.63) is 41.2 Å². The largest absolute Gasteiger partial charge is 0.477 e. The number of hydrogen-bond donors (Lipinski definition) is 1. The highest BCUT2D eigenvalue weighted by Crippen LogP contribution is 2.26. The first-order valence-corrected chi connectivity index (χ1v) is 6.47. The normalized spacial score (nSPS) is 10.7. The fourth-order valence-electron chi connectivity index (χ4n) is 2.06. The van der Waals surface area contributed by atoms with Crippen LogP contribution in [0.2, 0.25) is 0 Å². The molecule has 106 valence electrons. The summed E-state index contributed by atoms with van der Waals surface area (Å²) >= 11 is 0. The smallest absolute Gasteiger partial charge is 0.341 e. The Kier molecular flexibility index (Phi) is 4.53.